The highest BCUT2D eigenvalue weighted by Gasteiger charge is 2.09. The van der Waals surface area contributed by atoms with Gasteiger partial charge in [0.15, 0.2) is 0 Å². The molecule has 3 aromatic heterocycles. The lowest BCUT2D eigenvalue weighted by Gasteiger charge is -2.04. The van der Waals surface area contributed by atoms with Crippen LogP contribution < -0.4 is 0 Å². The maximum absolute atomic E-state index is 4.88. The molecule has 66 heavy (non-hydrogen) atoms. The molecule has 10 bridgehead atoms. The second kappa shape index (κ2) is 21.2. The van der Waals surface area contributed by atoms with Crippen molar-refractivity contribution >= 4 is 41.0 Å². The van der Waals surface area contributed by atoms with Gasteiger partial charge >= 0.3 is 0 Å². The molecule has 0 aliphatic carbocycles. The van der Waals surface area contributed by atoms with Crippen LogP contribution in [-0.4, -0.2) is 55.9 Å². The van der Waals surface area contributed by atoms with E-state index >= 15 is 0 Å². The van der Waals surface area contributed by atoms with Gasteiger partial charge in [-0.3, -0.25) is 9.97 Å². The predicted molar refractivity (Wildman–Crippen MR) is 265 cm³/mol. The number of benzene rings is 4. The normalized spacial score (nSPS) is 9.94. The van der Waals surface area contributed by atoms with Crippen molar-refractivity contribution < 1.29 is 0 Å². The number of nitrogens with zero attached hydrogens (tertiary/aromatic N) is 3. The van der Waals surface area contributed by atoms with Crippen LogP contribution in [-0.2, 0) is 0 Å². The monoisotopic (exact) mass is 883 g/mol. The van der Waals surface area contributed by atoms with Gasteiger partial charge in [0.2, 0.25) is 0 Å². The van der Waals surface area contributed by atoms with Crippen LogP contribution >= 0.6 is 0 Å². The Morgan fingerprint density at radius 1 is 0.318 bits per heavy atom. The summed E-state index contributed by atoms with van der Waals surface area (Å²) in [7, 11) is 13.3. The Hall–Kier alpha value is -9.20. The molecule has 7 aromatic rings. The highest BCUT2D eigenvalue weighted by atomic mass is 28.2. The van der Waals surface area contributed by atoms with Gasteiger partial charge in [0, 0.05) is 90.3 Å². The lowest BCUT2D eigenvalue weighted by atomic mass is 9.98. The van der Waals surface area contributed by atoms with Gasteiger partial charge in [0.05, 0.1) is 22.8 Å². The maximum Gasteiger partial charge on any atom is 0.147 e. The minimum absolute atomic E-state index is 0.628. The molecule has 3 nitrogen and oxygen atoms in total. The van der Waals surface area contributed by atoms with E-state index in [-0.39, 0.29) is 0 Å². The number of rotatable bonds is 0. The van der Waals surface area contributed by atoms with Gasteiger partial charge in [-0.05, 0) is 96.8 Å². The minimum Gasteiger partial charge on any atom is -0.253 e. The van der Waals surface area contributed by atoms with Gasteiger partial charge in [-0.1, -0.05) is 113 Å². The van der Waals surface area contributed by atoms with Crippen molar-refractivity contribution in [3.8, 4) is 140 Å². The van der Waals surface area contributed by atoms with Crippen molar-refractivity contribution in [1.82, 2.24) is 15.0 Å². The molecule has 0 spiro atoms. The van der Waals surface area contributed by atoms with E-state index in [1.54, 1.807) is 12.4 Å². The van der Waals surface area contributed by atoms with Crippen LogP contribution in [0.5, 0.6) is 0 Å². The Kier molecular flexibility index (Phi) is 14.0. The molecule has 10 aliphatic heterocycles. The van der Waals surface area contributed by atoms with Gasteiger partial charge in [-0.15, -0.1) is 22.2 Å². The molecule has 10 aliphatic rings. The van der Waals surface area contributed by atoms with Crippen molar-refractivity contribution in [2.24, 2.45) is 0 Å². The van der Waals surface area contributed by atoms with Gasteiger partial charge in [0.25, 0.3) is 0 Å². The van der Waals surface area contributed by atoms with Crippen LogP contribution in [0.2, 0.25) is 0 Å². The molecule has 13 heterocycles. The van der Waals surface area contributed by atoms with E-state index in [0.29, 0.717) is 67.3 Å². The first-order valence-corrected chi connectivity index (χ1v) is 21.8. The molecule has 0 saturated carbocycles. The topological polar surface area (TPSA) is 38.7 Å². The summed E-state index contributed by atoms with van der Waals surface area (Å²) >= 11 is 0. The smallest absolute Gasteiger partial charge is 0.147 e. The molecule has 17 rings (SSSR count). The fraction of sp³-hybridized carbons (Fsp3) is 0. The molecule has 288 valence electrons. The first-order valence-electron chi connectivity index (χ1n) is 19.8. The standard InChI is InChI=1S/C59H21N3Si4/c63-32-28-52-38-50-24-22-46-10-3-1-8-44(46)20-16-42-18-26-56(60-40-42)58-14-7-15-59(62-58)57-27-19-43(41-61-57)17-21-45-9-2-4-11-47(45)23-25-51-39-53(29-33-64)49(37-55(51)31-35-66)13-6-5-12-48(52)36-54(50)30-34-65/h1-4,7-11,14-15,18-19,26-27,36-41H. The first kappa shape index (κ1) is 43.4. The third kappa shape index (κ3) is 10.7. The van der Waals surface area contributed by atoms with Crippen molar-refractivity contribution in [1.29, 1.82) is 0 Å². The lowest BCUT2D eigenvalue weighted by molar-refractivity contribution is 1.21. The summed E-state index contributed by atoms with van der Waals surface area (Å²) in [6.45, 7) is 0. The number of aromatic nitrogens is 3. The highest BCUT2D eigenvalue weighted by Crippen LogP contribution is 2.22. The van der Waals surface area contributed by atoms with Crippen LogP contribution in [0.4, 0.5) is 0 Å². The Morgan fingerprint density at radius 2 is 0.652 bits per heavy atom. The zero-order valence-electron chi connectivity index (χ0n) is 34.5. The van der Waals surface area contributed by atoms with Gasteiger partial charge in [0.1, 0.15) is 41.0 Å². The summed E-state index contributed by atoms with van der Waals surface area (Å²) < 4.78 is 0. The number of hydrogen-bond acceptors (Lipinski definition) is 3. The quantitative estimate of drug-likeness (QED) is 0.130. The van der Waals surface area contributed by atoms with Gasteiger partial charge in [-0.2, -0.15) is 0 Å². The summed E-state index contributed by atoms with van der Waals surface area (Å²) in [5.74, 6) is 51.0. The van der Waals surface area contributed by atoms with Crippen molar-refractivity contribution in [3.05, 3.63) is 206 Å². The van der Waals surface area contributed by atoms with Crippen LogP contribution in [0, 0.1) is 117 Å². The minimum atomic E-state index is 0.628. The summed E-state index contributed by atoms with van der Waals surface area (Å²) in [5, 5.41) is 0. The maximum atomic E-state index is 4.88. The van der Waals surface area contributed by atoms with Crippen molar-refractivity contribution in [2.45, 2.75) is 0 Å². The zero-order valence-corrected chi connectivity index (χ0v) is 38.5. The molecule has 12 radical (unpaired) electrons. The van der Waals surface area contributed by atoms with Crippen LogP contribution in [0.3, 0.4) is 0 Å². The van der Waals surface area contributed by atoms with E-state index in [1.807, 2.05) is 115 Å². The first-order chi connectivity index (χ1) is 32.5. The Labute approximate surface area is 398 Å². The summed E-state index contributed by atoms with van der Waals surface area (Å²) in [6.07, 6.45) is 3.48. The summed E-state index contributed by atoms with van der Waals surface area (Å²) in [6, 6.07) is 36.4. The molecular weight excluding hydrogens is 863 g/mol. The Bertz CT molecular complexity index is 3560. The van der Waals surface area contributed by atoms with Gasteiger partial charge < -0.3 is 0 Å². The third-order valence-electron chi connectivity index (χ3n) is 9.56. The summed E-state index contributed by atoms with van der Waals surface area (Å²) in [5.41, 5.74) is 23.8. The largest absolute Gasteiger partial charge is 0.253 e. The van der Waals surface area contributed by atoms with E-state index < -0.39 is 0 Å². The zero-order chi connectivity index (χ0) is 45.5. The molecule has 0 fully saturated rings. The molecule has 0 saturated heterocycles. The second-order valence-electron chi connectivity index (χ2n) is 13.8. The third-order valence-corrected chi connectivity index (χ3v) is 10.1. The highest BCUT2D eigenvalue weighted by molar-refractivity contribution is 6.23. The SMILES string of the molecule is [Si]C#Cc1cc2c(C#C[Si])cc1C#CC#Cc1cc(C#C[Si])c(cc1C#C[Si])C#Cc1ccccc1C#Cc1ccc(nc1)-c1cccc(n1)-c1ccc(cn1)C#Cc1ccccc1C#C2. The van der Waals surface area contributed by atoms with E-state index in [2.05, 4.69) is 158 Å². The van der Waals surface area contributed by atoms with Crippen molar-refractivity contribution in [2.75, 3.05) is 0 Å². The average molecular weight is 884 g/mol. The fourth-order valence-electron chi connectivity index (χ4n) is 6.40. The molecule has 0 amide bonds. The van der Waals surface area contributed by atoms with Gasteiger partial charge in [-0.25, -0.2) is 4.98 Å². The average Bonchev–Trinajstić information content (AvgIpc) is 3.35. The number of hydrogen-bond donors (Lipinski definition) is 0. The lowest BCUT2D eigenvalue weighted by Crippen LogP contribution is -1.93. The molecule has 0 atom stereocenters. The van der Waals surface area contributed by atoms with E-state index in [0.717, 1.165) is 33.4 Å². The fourth-order valence-corrected chi connectivity index (χ4v) is 6.94. The molecule has 0 N–H and O–H groups in total. The molecule has 7 heteroatoms. The van der Waals surface area contributed by atoms with Crippen LogP contribution in [0.15, 0.2) is 128 Å². The molecule has 0 unspecified atom stereocenters. The number of pyridine rings is 3. The predicted octanol–water partition coefficient (Wildman–Crippen LogP) is 6.43. The molecular formula is C59H21N3Si4. The van der Waals surface area contributed by atoms with Crippen molar-refractivity contribution in [3.63, 3.8) is 0 Å². The van der Waals surface area contributed by atoms with Crippen LogP contribution in [0.1, 0.15) is 77.9 Å². The van der Waals surface area contributed by atoms with E-state index in [4.69, 9.17) is 15.0 Å². The Morgan fingerprint density at radius 3 is 0.985 bits per heavy atom. The summed E-state index contributed by atoms with van der Waals surface area (Å²) in [4.78, 5) is 14.3. The second-order valence-corrected chi connectivity index (χ2v) is 14.8. The van der Waals surface area contributed by atoms with E-state index in [1.165, 1.54) is 0 Å². The van der Waals surface area contributed by atoms with Crippen LogP contribution in [0.25, 0.3) is 22.8 Å². The molecule has 4 aromatic carbocycles. The van der Waals surface area contributed by atoms with E-state index in [9.17, 15) is 0 Å². The Balaban J connectivity index is 1.27.